The average Bonchev–Trinajstić information content (AvgIpc) is 3.23. The van der Waals surface area contributed by atoms with Crippen LogP contribution in [0.3, 0.4) is 0 Å². The molecule has 26 heavy (non-hydrogen) atoms. The fourth-order valence-corrected chi connectivity index (χ4v) is 3.00. The highest BCUT2D eigenvalue weighted by Crippen LogP contribution is 2.26. The van der Waals surface area contributed by atoms with E-state index in [0.29, 0.717) is 16.4 Å². The highest BCUT2D eigenvalue weighted by molar-refractivity contribution is 7.14. The molecule has 0 bridgehead atoms. The van der Waals surface area contributed by atoms with Crippen molar-refractivity contribution in [3.63, 3.8) is 0 Å². The molecule has 7 nitrogen and oxygen atoms in total. The van der Waals surface area contributed by atoms with Crippen LogP contribution in [0.25, 0.3) is 11.3 Å². The fourth-order valence-electron chi connectivity index (χ4n) is 2.04. The lowest BCUT2D eigenvalue weighted by Crippen LogP contribution is -2.20. The number of halogens is 2. The van der Waals surface area contributed by atoms with Crippen molar-refractivity contribution >= 4 is 39.9 Å². The number of H-pyrrole nitrogens is 1. The molecule has 134 valence electrons. The number of aromatic nitrogens is 2. The summed E-state index contributed by atoms with van der Waals surface area (Å²) >= 11 is 7.04. The average molecular weight is 395 g/mol. The number of benzene rings is 1. The molecule has 0 saturated heterocycles. The Hall–Kier alpha value is -2.91. The van der Waals surface area contributed by atoms with Gasteiger partial charge in [0.2, 0.25) is 0 Å². The van der Waals surface area contributed by atoms with Gasteiger partial charge in [-0.1, -0.05) is 11.6 Å². The molecule has 0 aliphatic rings. The van der Waals surface area contributed by atoms with E-state index in [4.69, 9.17) is 22.1 Å². The number of nitrogens with one attached hydrogen (secondary N) is 2. The molecule has 3 rings (SSSR count). The van der Waals surface area contributed by atoms with Gasteiger partial charge in [0.15, 0.2) is 11.7 Å². The molecule has 0 aliphatic heterocycles. The van der Waals surface area contributed by atoms with E-state index in [1.54, 1.807) is 17.6 Å². The van der Waals surface area contributed by atoms with Gasteiger partial charge in [-0.25, -0.2) is 9.37 Å². The number of hydrogen-bond acceptors (Lipinski definition) is 5. The smallest absolute Gasteiger partial charge is 0.265 e. The van der Waals surface area contributed by atoms with E-state index in [0.717, 1.165) is 6.07 Å². The van der Waals surface area contributed by atoms with Gasteiger partial charge in [-0.15, -0.1) is 11.3 Å². The Bertz CT molecular complexity index is 972. The second kappa shape index (κ2) is 7.54. The lowest BCUT2D eigenvalue weighted by atomic mass is 10.2. The Morgan fingerprint density at radius 2 is 2.19 bits per heavy atom. The summed E-state index contributed by atoms with van der Waals surface area (Å²) in [6.45, 7) is -0.309. The zero-order chi connectivity index (χ0) is 18.7. The number of amides is 2. The van der Waals surface area contributed by atoms with Gasteiger partial charge in [-0.3, -0.25) is 14.9 Å². The summed E-state index contributed by atoms with van der Waals surface area (Å²) < 4.78 is 18.2. The standard InChI is InChI=1S/C16H12ClFN4O3S/c17-10-4-9(18)1-2-13(10)25-6-14(23)22-16-21-12(7-26-16)8-3-11(15(19)24)20-5-8/h1-5,7,20H,6H2,(H2,19,24)(H,21,22,23). The van der Waals surface area contributed by atoms with Crippen LogP contribution in [0.5, 0.6) is 5.75 Å². The van der Waals surface area contributed by atoms with Crippen molar-refractivity contribution in [3.05, 3.63) is 52.4 Å². The Balaban J connectivity index is 1.59. The number of ether oxygens (including phenoxy) is 1. The van der Waals surface area contributed by atoms with Crippen molar-refractivity contribution in [1.82, 2.24) is 9.97 Å². The van der Waals surface area contributed by atoms with Crippen molar-refractivity contribution in [2.75, 3.05) is 11.9 Å². The van der Waals surface area contributed by atoms with Crippen LogP contribution in [0.2, 0.25) is 5.02 Å². The van der Waals surface area contributed by atoms with Crippen LogP contribution in [0.15, 0.2) is 35.8 Å². The summed E-state index contributed by atoms with van der Waals surface area (Å²) in [7, 11) is 0. The van der Waals surface area contributed by atoms with Crippen molar-refractivity contribution in [2.24, 2.45) is 5.73 Å². The van der Waals surface area contributed by atoms with Crippen molar-refractivity contribution < 1.29 is 18.7 Å². The number of carbonyl (C=O) groups excluding carboxylic acids is 2. The Morgan fingerprint density at radius 3 is 2.88 bits per heavy atom. The summed E-state index contributed by atoms with van der Waals surface area (Å²) in [4.78, 5) is 30.1. The molecule has 3 aromatic rings. The number of carbonyl (C=O) groups is 2. The van der Waals surface area contributed by atoms with E-state index in [2.05, 4.69) is 15.3 Å². The lowest BCUT2D eigenvalue weighted by molar-refractivity contribution is -0.118. The molecule has 10 heteroatoms. The summed E-state index contributed by atoms with van der Waals surface area (Å²) in [6.07, 6.45) is 1.60. The van der Waals surface area contributed by atoms with Crippen LogP contribution in [0.1, 0.15) is 10.5 Å². The molecular weight excluding hydrogens is 383 g/mol. The van der Waals surface area contributed by atoms with E-state index >= 15 is 0 Å². The van der Waals surface area contributed by atoms with Crippen LogP contribution in [-0.4, -0.2) is 28.4 Å². The number of nitrogens with two attached hydrogens (primary N) is 1. The van der Waals surface area contributed by atoms with Gasteiger partial charge in [0.25, 0.3) is 11.8 Å². The molecule has 1 aromatic carbocycles. The monoisotopic (exact) mass is 394 g/mol. The molecule has 2 aromatic heterocycles. The number of nitrogens with zero attached hydrogens (tertiary/aromatic N) is 1. The quantitative estimate of drug-likeness (QED) is 0.596. The maximum atomic E-state index is 13.0. The van der Waals surface area contributed by atoms with Crippen molar-refractivity contribution in [3.8, 4) is 17.0 Å². The topological polar surface area (TPSA) is 110 Å². The third-order valence-corrected chi connectivity index (χ3v) is 4.30. The van der Waals surface area contributed by atoms with Gasteiger partial charge >= 0.3 is 0 Å². The largest absolute Gasteiger partial charge is 0.482 e. The first-order chi connectivity index (χ1) is 12.4. The first-order valence-electron chi connectivity index (χ1n) is 7.24. The van der Waals surface area contributed by atoms with Crippen molar-refractivity contribution in [1.29, 1.82) is 0 Å². The molecule has 0 fully saturated rings. The van der Waals surface area contributed by atoms with Gasteiger partial charge in [-0.2, -0.15) is 0 Å². The summed E-state index contributed by atoms with van der Waals surface area (Å²) in [5.41, 5.74) is 6.71. The minimum atomic E-state index is -0.573. The third-order valence-electron chi connectivity index (χ3n) is 3.25. The summed E-state index contributed by atoms with van der Waals surface area (Å²) in [6, 6.07) is 5.19. The third kappa shape index (κ3) is 4.19. The fraction of sp³-hybridized carbons (Fsp3) is 0.0625. The number of hydrogen-bond donors (Lipinski definition) is 3. The van der Waals surface area contributed by atoms with Crippen LogP contribution in [-0.2, 0) is 4.79 Å². The number of primary amides is 1. The second-order valence-corrected chi connectivity index (χ2v) is 6.38. The first-order valence-corrected chi connectivity index (χ1v) is 8.50. The maximum absolute atomic E-state index is 13.0. The predicted molar refractivity (Wildman–Crippen MR) is 96.0 cm³/mol. The maximum Gasteiger partial charge on any atom is 0.265 e. The molecule has 0 radical (unpaired) electrons. The van der Waals surface area contributed by atoms with Gasteiger partial charge in [0.05, 0.1) is 10.7 Å². The van der Waals surface area contributed by atoms with E-state index in [1.165, 1.54) is 23.5 Å². The minimum absolute atomic E-state index is 0.0760. The zero-order valence-corrected chi connectivity index (χ0v) is 14.7. The van der Waals surface area contributed by atoms with Crippen LogP contribution >= 0.6 is 22.9 Å². The molecule has 4 N–H and O–H groups in total. The van der Waals surface area contributed by atoms with Crippen LogP contribution in [0.4, 0.5) is 9.52 Å². The van der Waals surface area contributed by atoms with E-state index in [9.17, 15) is 14.0 Å². The lowest BCUT2D eigenvalue weighted by Gasteiger charge is -2.07. The number of anilines is 1. The number of rotatable bonds is 6. The van der Waals surface area contributed by atoms with Gasteiger partial charge in [0, 0.05) is 17.1 Å². The molecule has 2 heterocycles. The van der Waals surface area contributed by atoms with Crippen LogP contribution < -0.4 is 15.8 Å². The summed E-state index contributed by atoms with van der Waals surface area (Å²) in [5.74, 6) is -1.31. The van der Waals surface area contributed by atoms with E-state index < -0.39 is 17.6 Å². The predicted octanol–water partition coefficient (Wildman–Crippen LogP) is 3.05. The Kier molecular flexibility index (Phi) is 5.19. The molecule has 0 aliphatic carbocycles. The normalized spacial score (nSPS) is 10.5. The number of aromatic amines is 1. The summed E-state index contributed by atoms with van der Waals surface area (Å²) in [5, 5.41) is 4.75. The first kappa shape index (κ1) is 17.9. The zero-order valence-electron chi connectivity index (χ0n) is 13.1. The second-order valence-electron chi connectivity index (χ2n) is 5.12. The van der Waals surface area contributed by atoms with Gasteiger partial charge in [0.1, 0.15) is 17.3 Å². The van der Waals surface area contributed by atoms with E-state index in [-0.39, 0.29) is 23.1 Å². The van der Waals surface area contributed by atoms with Gasteiger partial charge < -0.3 is 15.5 Å². The van der Waals surface area contributed by atoms with E-state index in [1.807, 2.05) is 0 Å². The number of thiazole rings is 1. The van der Waals surface area contributed by atoms with Crippen molar-refractivity contribution in [2.45, 2.75) is 0 Å². The SMILES string of the molecule is NC(=O)c1cc(-c2csc(NC(=O)COc3ccc(F)cc3Cl)n2)c[nH]1. The molecule has 2 amide bonds. The molecule has 0 saturated carbocycles. The Labute approximate surface area is 156 Å². The van der Waals surface area contributed by atoms with Gasteiger partial charge in [-0.05, 0) is 24.3 Å². The Morgan fingerprint density at radius 1 is 1.38 bits per heavy atom. The molecule has 0 atom stereocenters. The highest BCUT2D eigenvalue weighted by Gasteiger charge is 2.12. The molecule has 0 unspecified atom stereocenters. The highest BCUT2D eigenvalue weighted by atomic mass is 35.5. The minimum Gasteiger partial charge on any atom is -0.482 e. The molecular formula is C16H12ClFN4O3S. The van der Waals surface area contributed by atoms with Crippen LogP contribution in [0, 0.1) is 5.82 Å². The molecule has 0 spiro atoms.